The van der Waals surface area contributed by atoms with Gasteiger partial charge in [0.25, 0.3) is 0 Å². The highest BCUT2D eigenvalue weighted by atomic mass is 16.2. The number of aryl methyl sites for hydroxylation is 1. The predicted molar refractivity (Wildman–Crippen MR) is 149 cm³/mol. The Balaban J connectivity index is 1.77. The second kappa shape index (κ2) is 10.9. The van der Waals surface area contributed by atoms with Crippen LogP contribution < -0.4 is 15.9 Å². The van der Waals surface area contributed by atoms with Gasteiger partial charge in [0.05, 0.1) is 11.2 Å². The molecule has 0 aliphatic carbocycles. The zero-order valence-corrected chi connectivity index (χ0v) is 23.3. The lowest BCUT2D eigenvalue weighted by atomic mass is 9.92. The molecule has 3 rings (SSSR count). The first-order valence-corrected chi connectivity index (χ1v) is 13.0. The van der Waals surface area contributed by atoms with Crippen LogP contribution in [0.15, 0.2) is 41.2 Å². The number of nitrogens with one attached hydrogen (secondary N) is 1. The number of pyridine rings is 1. The van der Waals surface area contributed by atoms with Gasteiger partial charge in [0.2, 0.25) is 5.91 Å². The Kier molecular flexibility index (Phi) is 8.32. The first-order chi connectivity index (χ1) is 16.8. The Bertz CT molecular complexity index is 1240. The minimum Gasteiger partial charge on any atom is -0.370 e. The van der Waals surface area contributed by atoms with Gasteiger partial charge in [-0.25, -0.2) is 9.78 Å². The highest BCUT2D eigenvalue weighted by molar-refractivity contribution is 5.77. The fourth-order valence-corrected chi connectivity index (χ4v) is 4.42. The van der Waals surface area contributed by atoms with E-state index in [0.717, 1.165) is 42.0 Å². The Hall–Kier alpha value is -3.09. The molecule has 0 aliphatic rings. The lowest BCUT2D eigenvalue weighted by Gasteiger charge is -2.25. The number of imidazole rings is 1. The van der Waals surface area contributed by atoms with E-state index in [1.165, 1.54) is 0 Å². The molecular weight excluding hydrogens is 450 g/mol. The summed E-state index contributed by atoms with van der Waals surface area (Å²) < 4.78 is 3.45. The Morgan fingerprint density at radius 2 is 1.64 bits per heavy atom. The molecule has 0 radical (unpaired) electrons. The summed E-state index contributed by atoms with van der Waals surface area (Å²) in [5, 5.41) is 3.06. The quantitative estimate of drug-likeness (QED) is 0.444. The number of fused-ring (bicyclic) bond motifs is 1. The number of benzene rings is 1. The number of rotatable bonds is 9. The summed E-state index contributed by atoms with van der Waals surface area (Å²) in [6, 6.07) is 12.4. The van der Waals surface area contributed by atoms with E-state index in [1.807, 2.05) is 16.7 Å². The number of anilines is 1. The van der Waals surface area contributed by atoms with Gasteiger partial charge < -0.3 is 10.2 Å². The standard InChI is InChI=1S/C29H43N5O2/c1-9-17-33(18-16-30-25(35)19-28(2,3)4)22-12-10-21(11-13-22)23-14-15-24-26(31-23)32(8)27(36)34(24)20-29(5,6)7/h10-15H,9,16-20H2,1-8H3,(H,30,35). The van der Waals surface area contributed by atoms with E-state index in [9.17, 15) is 9.59 Å². The van der Waals surface area contributed by atoms with Gasteiger partial charge >= 0.3 is 5.69 Å². The summed E-state index contributed by atoms with van der Waals surface area (Å²) in [7, 11) is 1.78. The van der Waals surface area contributed by atoms with E-state index < -0.39 is 0 Å². The Morgan fingerprint density at radius 1 is 0.972 bits per heavy atom. The van der Waals surface area contributed by atoms with E-state index >= 15 is 0 Å². The number of aromatic nitrogens is 3. The van der Waals surface area contributed by atoms with E-state index in [1.54, 1.807) is 11.6 Å². The van der Waals surface area contributed by atoms with Crippen molar-refractivity contribution in [1.29, 1.82) is 0 Å². The molecule has 0 saturated carbocycles. The molecule has 36 heavy (non-hydrogen) atoms. The fourth-order valence-electron chi connectivity index (χ4n) is 4.42. The number of nitrogens with zero attached hydrogens (tertiary/aromatic N) is 4. The summed E-state index contributed by atoms with van der Waals surface area (Å²) in [6.45, 7) is 17.7. The summed E-state index contributed by atoms with van der Waals surface area (Å²) in [5.41, 5.74) is 4.47. The molecule has 2 aromatic heterocycles. The van der Waals surface area contributed by atoms with E-state index in [0.29, 0.717) is 25.2 Å². The van der Waals surface area contributed by atoms with Crippen LogP contribution in [-0.2, 0) is 18.4 Å². The van der Waals surface area contributed by atoms with Crippen LogP contribution in [0.4, 0.5) is 5.69 Å². The molecule has 1 amide bonds. The van der Waals surface area contributed by atoms with E-state index in [2.05, 4.69) is 82.9 Å². The van der Waals surface area contributed by atoms with Crippen molar-refractivity contribution in [2.45, 2.75) is 67.9 Å². The van der Waals surface area contributed by atoms with Crippen LogP contribution in [0.3, 0.4) is 0 Å². The van der Waals surface area contributed by atoms with Gasteiger partial charge in [-0.1, -0.05) is 60.6 Å². The number of carbonyl (C=O) groups excluding carboxylic acids is 1. The van der Waals surface area contributed by atoms with Crippen molar-refractivity contribution >= 4 is 22.8 Å². The molecule has 0 aliphatic heterocycles. The van der Waals surface area contributed by atoms with Gasteiger partial charge in [-0.3, -0.25) is 13.9 Å². The van der Waals surface area contributed by atoms with Gasteiger partial charge in [-0.2, -0.15) is 0 Å². The lowest BCUT2D eigenvalue weighted by molar-refractivity contribution is -0.122. The van der Waals surface area contributed by atoms with Crippen LogP contribution in [0.5, 0.6) is 0 Å². The van der Waals surface area contributed by atoms with Crippen LogP contribution in [0, 0.1) is 10.8 Å². The molecular formula is C29H43N5O2. The zero-order chi connectivity index (χ0) is 26.7. The summed E-state index contributed by atoms with van der Waals surface area (Å²) in [6.07, 6.45) is 1.55. The smallest absolute Gasteiger partial charge is 0.330 e. The van der Waals surface area contributed by atoms with E-state index in [4.69, 9.17) is 4.98 Å². The van der Waals surface area contributed by atoms with Crippen LogP contribution in [0.1, 0.15) is 61.3 Å². The third-order valence-corrected chi connectivity index (χ3v) is 6.03. The maximum absolute atomic E-state index is 12.8. The molecule has 0 fully saturated rings. The maximum Gasteiger partial charge on any atom is 0.330 e. The number of carbonyl (C=O) groups is 1. The molecule has 0 atom stereocenters. The number of hydrogen-bond donors (Lipinski definition) is 1. The third-order valence-electron chi connectivity index (χ3n) is 6.03. The molecule has 0 spiro atoms. The van der Waals surface area contributed by atoms with Crippen LogP contribution >= 0.6 is 0 Å². The average molecular weight is 494 g/mol. The van der Waals surface area contributed by atoms with Crippen molar-refractivity contribution in [3.8, 4) is 11.3 Å². The SMILES string of the molecule is CCCN(CCNC(=O)CC(C)(C)C)c1ccc(-c2ccc3c(n2)n(C)c(=O)n3CC(C)(C)C)cc1. The second-order valence-electron chi connectivity index (χ2n) is 12.1. The Morgan fingerprint density at radius 3 is 2.22 bits per heavy atom. The zero-order valence-electron chi connectivity index (χ0n) is 23.3. The Labute approximate surface area is 215 Å². The highest BCUT2D eigenvalue weighted by Gasteiger charge is 2.19. The van der Waals surface area contributed by atoms with Gasteiger partial charge in [-0.05, 0) is 41.5 Å². The van der Waals surface area contributed by atoms with Gasteiger partial charge in [-0.15, -0.1) is 0 Å². The molecule has 0 unspecified atom stereocenters. The van der Waals surface area contributed by atoms with Gasteiger partial charge in [0, 0.05) is 50.9 Å². The summed E-state index contributed by atoms with van der Waals surface area (Å²) in [5.74, 6) is 0.0986. The van der Waals surface area contributed by atoms with Gasteiger partial charge in [0.1, 0.15) is 0 Å². The summed E-state index contributed by atoms with van der Waals surface area (Å²) in [4.78, 5) is 32.2. The van der Waals surface area contributed by atoms with Crippen molar-refractivity contribution in [1.82, 2.24) is 19.4 Å². The molecule has 7 nitrogen and oxygen atoms in total. The van der Waals surface area contributed by atoms with Gasteiger partial charge in [0.15, 0.2) is 5.65 Å². The molecule has 7 heteroatoms. The van der Waals surface area contributed by atoms with E-state index in [-0.39, 0.29) is 22.4 Å². The molecule has 0 bridgehead atoms. The number of amides is 1. The minimum atomic E-state index is -0.0373. The second-order valence-corrected chi connectivity index (χ2v) is 12.1. The normalized spacial score (nSPS) is 12.2. The number of hydrogen-bond acceptors (Lipinski definition) is 4. The van der Waals surface area contributed by atoms with Crippen molar-refractivity contribution in [3.05, 3.63) is 46.9 Å². The van der Waals surface area contributed by atoms with Crippen LogP contribution in [0.25, 0.3) is 22.4 Å². The third kappa shape index (κ3) is 6.99. The topological polar surface area (TPSA) is 72.2 Å². The molecule has 0 saturated heterocycles. The maximum atomic E-state index is 12.8. The molecule has 2 heterocycles. The first kappa shape index (κ1) is 27.5. The van der Waals surface area contributed by atoms with Crippen LogP contribution in [0.2, 0.25) is 0 Å². The predicted octanol–water partition coefficient (Wildman–Crippen LogP) is 5.22. The highest BCUT2D eigenvalue weighted by Crippen LogP contribution is 2.25. The van der Waals surface area contributed by atoms with Crippen LogP contribution in [-0.4, -0.2) is 39.7 Å². The van der Waals surface area contributed by atoms with Crippen molar-refractivity contribution in [2.75, 3.05) is 24.5 Å². The van der Waals surface area contributed by atoms with Crippen molar-refractivity contribution < 1.29 is 4.79 Å². The largest absolute Gasteiger partial charge is 0.370 e. The molecule has 3 aromatic rings. The monoisotopic (exact) mass is 493 g/mol. The molecule has 1 N–H and O–H groups in total. The fraction of sp³-hybridized carbons (Fsp3) is 0.552. The first-order valence-electron chi connectivity index (χ1n) is 13.0. The molecule has 196 valence electrons. The lowest BCUT2D eigenvalue weighted by Crippen LogP contribution is -2.36. The van der Waals surface area contributed by atoms with Crippen molar-refractivity contribution in [3.63, 3.8) is 0 Å². The molecule has 1 aromatic carbocycles. The minimum absolute atomic E-state index is 0.00757. The summed E-state index contributed by atoms with van der Waals surface area (Å²) >= 11 is 0. The van der Waals surface area contributed by atoms with Crippen molar-refractivity contribution in [2.24, 2.45) is 17.9 Å². The average Bonchev–Trinajstić information content (AvgIpc) is 3.00.